The van der Waals surface area contributed by atoms with E-state index in [1.807, 2.05) is 6.92 Å². The van der Waals surface area contributed by atoms with E-state index in [0.29, 0.717) is 6.42 Å². The molecule has 1 rings (SSSR count). The van der Waals surface area contributed by atoms with Crippen molar-refractivity contribution in [3.63, 3.8) is 0 Å². The zero-order valence-corrected chi connectivity index (χ0v) is 10.3. The lowest BCUT2D eigenvalue weighted by Crippen LogP contribution is -2.21. The summed E-state index contributed by atoms with van der Waals surface area (Å²) in [6.45, 7) is 3.51. The van der Waals surface area contributed by atoms with Gasteiger partial charge in [0.05, 0.1) is 6.10 Å². The molecule has 1 aromatic heterocycles. The third-order valence-electron chi connectivity index (χ3n) is 2.26. The van der Waals surface area contributed by atoms with Gasteiger partial charge in [0, 0.05) is 12.2 Å². The molecular weight excluding hydrogens is 247 g/mol. The van der Waals surface area contributed by atoms with E-state index in [0.717, 1.165) is 12.5 Å². The van der Waals surface area contributed by atoms with E-state index in [1.165, 1.54) is 6.92 Å². The fourth-order valence-corrected chi connectivity index (χ4v) is 1.44. The van der Waals surface area contributed by atoms with Gasteiger partial charge in [-0.3, -0.25) is 0 Å². The lowest BCUT2D eigenvalue weighted by molar-refractivity contribution is -0.141. The Labute approximate surface area is 103 Å². The van der Waals surface area contributed by atoms with Gasteiger partial charge >= 0.3 is 6.18 Å². The number of nitrogens with zero attached hydrogens (tertiary/aromatic N) is 2. The molecule has 4 nitrogen and oxygen atoms in total. The number of hydrogen-bond acceptors (Lipinski definition) is 4. The number of rotatable bonds is 5. The number of aromatic nitrogens is 2. The topological polar surface area (TPSA) is 58.0 Å². The summed E-state index contributed by atoms with van der Waals surface area (Å²) in [6, 6.07) is 0.883. The second-order valence-corrected chi connectivity index (χ2v) is 4.04. The van der Waals surface area contributed by atoms with Gasteiger partial charge in [-0.05, 0) is 19.4 Å². The average Bonchev–Trinajstić information content (AvgIpc) is 2.25. The molecule has 0 aliphatic heterocycles. The lowest BCUT2D eigenvalue weighted by atomic mass is 10.2. The number of aliphatic hydroxyl groups is 1. The number of anilines is 1. The minimum Gasteiger partial charge on any atom is -0.391 e. The fraction of sp³-hybridized carbons (Fsp3) is 0.636. The number of alkyl halides is 3. The van der Waals surface area contributed by atoms with Crippen molar-refractivity contribution in [2.75, 3.05) is 11.9 Å². The van der Waals surface area contributed by atoms with Crippen LogP contribution in [0.5, 0.6) is 0 Å². The predicted molar refractivity (Wildman–Crippen MR) is 61.2 cm³/mol. The highest BCUT2D eigenvalue weighted by Crippen LogP contribution is 2.28. The molecule has 0 fully saturated rings. The molecule has 7 heteroatoms. The van der Waals surface area contributed by atoms with Crippen molar-refractivity contribution in [1.29, 1.82) is 0 Å². The molecule has 0 radical (unpaired) electrons. The van der Waals surface area contributed by atoms with Crippen molar-refractivity contribution in [1.82, 2.24) is 9.97 Å². The summed E-state index contributed by atoms with van der Waals surface area (Å²) >= 11 is 0. The van der Waals surface area contributed by atoms with Crippen molar-refractivity contribution in [2.24, 2.45) is 0 Å². The molecule has 0 saturated carbocycles. The summed E-state index contributed by atoms with van der Waals surface area (Å²) in [4.78, 5) is 7.22. The first-order valence-electron chi connectivity index (χ1n) is 5.67. The highest BCUT2D eigenvalue weighted by atomic mass is 19.4. The molecule has 0 saturated heterocycles. The van der Waals surface area contributed by atoms with Gasteiger partial charge in [-0.15, -0.1) is 0 Å². The molecule has 0 amide bonds. The van der Waals surface area contributed by atoms with E-state index in [9.17, 15) is 18.3 Å². The van der Waals surface area contributed by atoms with Crippen LogP contribution in [0.15, 0.2) is 6.07 Å². The summed E-state index contributed by atoms with van der Waals surface area (Å²) < 4.78 is 37.5. The largest absolute Gasteiger partial charge is 0.433 e. The average molecular weight is 263 g/mol. The van der Waals surface area contributed by atoms with Gasteiger partial charge < -0.3 is 10.4 Å². The van der Waals surface area contributed by atoms with Gasteiger partial charge in [-0.2, -0.15) is 13.2 Å². The van der Waals surface area contributed by atoms with Gasteiger partial charge in [-0.1, -0.05) is 13.3 Å². The quantitative estimate of drug-likeness (QED) is 0.856. The molecule has 102 valence electrons. The Kier molecular flexibility index (Phi) is 4.89. The molecule has 0 spiro atoms. The number of halogens is 3. The van der Waals surface area contributed by atoms with Gasteiger partial charge in [0.1, 0.15) is 5.69 Å². The zero-order chi connectivity index (χ0) is 13.8. The van der Waals surface area contributed by atoms with Crippen LogP contribution in [-0.2, 0) is 6.18 Å². The van der Waals surface area contributed by atoms with Crippen LogP contribution in [0.1, 0.15) is 31.2 Å². The normalized spacial score (nSPS) is 13.4. The standard InChI is InChI=1S/C11H16F3N3O/c1-3-4-8(18)6-15-10-16-7(2)5-9(17-10)11(12,13)14/h5,8,18H,3-4,6H2,1-2H3,(H,15,16,17)/t8-/m1/s1. The zero-order valence-electron chi connectivity index (χ0n) is 10.3. The highest BCUT2D eigenvalue weighted by molar-refractivity contribution is 5.29. The van der Waals surface area contributed by atoms with Crippen LogP contribution in [0.4, 0.5) is 19.1 Å². The van der Waals surface area contributed by atoms with Crippen LogP contribution in [0.25, 0.3) is 0 Å². The maximum atomic E-state index is 12.5. The molecule has 0 unspecified atom stereocenters. The Morgan fingerprint density at radius 1 is 1.39 bits per heavy atom. The molecule has 1 atom stereocenters. The Morgan fingerprint density at radius 3 is 2.61 bits per heavy atom. The van der Waals surface area contributed by atoms with Crippen LogP contribution in [0.2, 0.25) is 0 Å². The predicted octanol–water partition coefficient (Wildman–Crippen LogP) is 2.38. The molecular formula is C11H16F3N3O. The van der Waals surface area contributed by atoms with Crippen molar-refractivity contribution >= 4 is 5.95 Å². The Bertz CT molecular complexity index is 396. The molecule has 0 aliphatic carbocycles. The second-order valence-electron chi connectivity index (χ2n) is 4.04. The first-order valence-corrected chi connectivity index (χ1v) is 5.67. The molecule has 1 heterocycles. The summed E-state index contributed by atoms with van der Waals surface area (Å²) in [5, 5.41) is 12.1. The summed E-state index contributed by atoms with van der Waals surface area (Å²) in [5.41, 5.74) is -0.757. The van der Waals surface area contributed by atoms with Crippen molar-refractivity contribution in [3.8, 4) is 0 Å². The summed E-state index contributed by atoms with van der Waals surface area (Å²) in [7, 11) is 0. The maximum absolute atomic E-state index is 12.5. The highest BCUT2D eigenvalue weighted by Gasteiger charge is 2.33. The third kappa shape index (κ3) is 4.48. The molecule has 0 bridgehead atoms. The van der Waals surface area contributed by atoms with E-state index in [-0.39, 0.29) is 18.2 Å². The van der Waals surface area contributed by atoms with Crippen molar-refractivity contribution in [3.05, 3.63) is 17.5 Å². The number of aliphatic hydroxyl groups excluding tert-OH is 1. The molecule has 0 aromatic carbocycles. The van der Waals surface area contributed by atoms with Gasteiger partial charge in [0.2, 0.25) is 5.95 Å². The van der Waals surface area contributed by atoms with E-state index >= 15 is 0 Å². The van der Waals surface area contributed by atoms with E-state index < -0.39 is 18.0 Å². The van der Waals surface area contributed by atoms with Crippen molar-refractivity contribution < 1.29 is 18.3 Å². The fourth-order valence-electron chi connectivity index (χ4n) is 1.44. The van der Waals surface area contributed by atoms with Gasteiger partial charge in [0.15, 0.2) is 0 Å². The van der Waals surface area contributed by atoms with Crippen molar-refractivity contribution in [2.45, 2.75) is 39.0 Å². The van der Waals surface area contributed by atoms with Crippen LogP contribution in [-0.4, -0.2) is 27.7 Å². The number of nitrogens with one attached hydrogen (secondary N) is 1. The molecule has 2 N–H and O–H groups in total. The van der Waals surface area contributed by atoms with E-state index in [1.54, 1.807) is 0 Å². The van der Waals surface area contributed by atoms with Crippen LogP contribution >= 0.6 is 0 Å². The third-order valence-corrected chi connectivity index (χ3v) is 2.26. The van der Waals surface area contributed by atoms with Gasteiger partial charge in [-0.25, -0.2) is 9.97 Å². The maximum Gasteiger partial charge on any atom is 0.433 e. The Hall–Kier alpha value is -1.37. The van der Waals surface area contributed by atoms with E-state index in [2.05, 4.69) is 15.3 Å². The first-order chi connectivity index (χ1) is 8.32. The minimum absolute atomic E-state index is 0.113. The summed E-state index contributed by atoms with van der Waals surface area (Å²) in [5.74, 6) is -0.113. The summed E-state index contributed by atoms with van der Waals surface area (Å²) in [6.07, 6.45) is -3.74. The van der Waals surface area contributed by atoms with Crippen LogP contribution in [0.3, 0.4) is 0 Å². The lowest BCUT2D eigenvalue weighted by Gasteiger charge is -2.12. The second kappa shape index (κ2) is 5.99. The van der Waals surface area contributed by atoms with Crippen LogP contribution in [0, 0.1) is 6.92 Å². The Balaban J connectivity index is 2.75. The van der Waals surface area contributed by atoms with Crippen LogP contribution < -0.4 is 5.32 Å². The van der Waals surface area contributed by atoms with E-state index in [4.69, 9.17) is 0 Å². The Morgan fingerprint density at radius 2 is 2.06 bits per heavy atom. The smallest absolute Gasteiger partial charge is 0.391 e. The van der Waals surface area contributed by atoms with Gasteiger partial charge in [0.25, 0.3) is 0 Å². The minimum atomic E-state index is -4.49. The molecule has 18 heavy (non-hydrogen) atoms. The number of hydrogen-bond donors (Lipinski definition) is 2. The number of aryl methyl sites for hydroxylation is 1. The first kappa shape index (κ1) is 14.7. The monoisotopic (exact) mass is 263 g/mol. The molecule has 0 aliphatic rings. The molecule has 1 aromatic rings. The SMILES string of the molecule is CCC[C@@H](O)CNc1nc(C)cc(C(F)(F)F)n1.